The molecule has 162 valence electrons. The van der Waals surface area contributed by atoms with Gasteiger partial charge in [0.25, 0.3) is 0 Å². The van der Waals surface area contributed by atoms with Gasteiger partial charge in [-0.1, -0.05) is 24.3 Å². The van der Waals surface area contributed by atoms with Crippen molar-refractivity contribution in [3.8, 4) is 5.75 Å². The van der Waals surface area contributed by atoms with Crippen LogP contribution >= 0.6 is 0 Å². The number of amides is 1. The highest BCUT2D eigenvalue weighted by atomic mass is 16.5. The molecule has 3 aromatic rings. The fraction of sp³-hybridized carbons (Fsp3) is 0.400. The van der Waals surface area contributed by atoms with Crippen molar-refractivity contribution in [3.05, 3.63) is 59.3 Å². The molecule has 1 aliphatic rings. The number of methoxy groups -OCH3 is 1. The van der Waals surface area contributed by atoms with Gasteiger partial charge in [-0.05, 0) is 56.0 Å². The number of fused-ring (bicyclic) bond motifs is 1. The molecular formula is C25H30N4O2. The van der Waals surface area contributed by atoms with E-state index in [-0.39, 0.29) is 11.8 Å². The fourth-order valence-corrected chi connectivity index (χ4v) is 4.32. The lowest BCUT2D eigenvalue weighted by molar-refractivity contribution is -0.135. The largest absolute Gasteiger partial charge is 0.497 e. The summed E-state index contributed by atoms with van der Waals surface area (Å²) in [4.78, 5) is 26.7. The minimum Gasteiger partial charge on any atom is -0.497 e. The Kier molecular flexibility index (Phi) is 6.07. The molecule has 0 unspecified atom stereocenters. The Morgan fingerprint density at radius 3 is 2.84 bits per heavy atom. The topological polar surface area (TPSA) is 58.6 Å². The molecule has 1 amide bonds. The summed E-state index contributed by atoms with van der Waals surface area (Å²) < 4.78 is 5.30. The number of hydrogen-bond acceptors (Lipinski definition) is 5. The molecule has 0 N–H and O–H groups in total. The standard InChI is InChI=1S/C25H30N4O2/c1-17-10-11-22-18(2)26-25(27-23(22)13-17)29-12-6-8-20(16-29)24(30)28(3)15-19-7-5-9-21(14-19)31-4/h5,7,9-11,13-14,20H,6,8,12,15-16H2,1-4H3/t20-/m1/s1. The molecule has 1 saturated heterocycles. The molecule has 6 nitrogen and oxygen atoms in total. The zero-order valence-electron chi connectivity index (χ0n) is 18.8. The predicted molar refractivity (Wildman–Crippen MR) is 123 cm³/mol. The minimum atomic E-state index is -0.0542. The van der Waals surface area contributed by atoms with E-state index in [4.69, 9.17) is 14.7 Å². The van der Waals surface area contributed by atoms with E-state index in [0.29, 0.717) is 13.1 Å². The van der Waals surface area contributed by atoms with Crippen LogP contribution < -0.4 is 9.64 Å². The van der Waals surface area contributed by atoms with Crippen LogP contribution in [0.1, 0.15) is 29.7 Å². The van der Waals surface area contributed by atoms with Gasteiger partial charge in [0, 0.05) is 32.1 Å². The second kappa shape index (κ2) is 8.92. The number of rotatable bonds is 5. The summed E-state index contributed by atoms with van der Waals surface area (Å²) in [5.74, 6) is 1.65. The zero-order chi connectivity index (χ0) is 22.0. The van der Waals surface area contributed by atoms with Crippen molar-refractivity contribution in [2.24, 2.45) is 5.92 Å². The van der Waals surface area contributed by atoms with Crippen LogP contribution in [-0.2, 0) is 11.3 Å². The molecule has 0 saturated carbocycles. The number of piperidine rings is 1. The van der Waals surface area contributed by atoms with Crippen LogP contribution in [0.25, 0.3) is 10.9 Å². The van der Waals surface area contributed by atoms with Crippen LogP contribution in [0, 0.1) is 19.8 Å². The van der Waals surface area contributed by atoms with Crippen LogP contribution in [0.5, 0.6) is 5.75 Å². The number of carbonyl (C=O) groups excluding carboxylic acids is 1. The van der Waals surface area contributed by atoms with Crippen LogP contribution in [0.2, 0.25) is 0 Å². The van der Waals surface area contributed by atoms with Gasteiger partial charge >= 0.3 is 0 Å². The molecule has 1 fully saturated rings. The lowest BCUT2D eigenvalue weighted by atomic mass is 9.96. The van der Waals surface area contributed by atoms with Gasteiger partial charge in [-0.15, -0.1) is 0 Å². The van der Waals surface area contributed by atoms with Crippen molar-refractivity contribution in [1.82, 2.24) is 14.9 Å². The van der Waals surface area contributed by atoms with Gasteiger partial charge < -0.3 is 14.5 Å². The molecule has 31 heavy (non-hydrogen) atoms. The number of carbonyl (C=O) groups is 1. The summed E-state index contributed by atoms with van der Waals surface area (Å²) in [5.41, 5.74) is 4.18. The summed E-state index contributed by atoms with van der Waals surface area (Å²) in [6.45, 7) is 6.19. The first kappa shape index (κ1) is 21.1. The molecule has 2 aromatic carbocycles. The number of benzene rings is 2. The maximum absolute atomic E-state index is 13.2. The van der Waals surface area contributed by atoms with Gasteiger partial charge in [-0.25, -0.2) is 9.97 Å². The van der Waals surface area contributed by atoms with Gasteiger partial charge in [0.1, 0.15) is 5.75 Å². The highest BCUT2D eigenvalue weighted by molar-refractivity contribution is 5.83. The molecule has 4 rings (SSSR count). The number of aromatic nitrogens is 2. The SMILES string of the molecule is COc1cccc(CN(C)C(=O)[C@@H]2CCCN(c3nc(C)c4ccc(C)cc4n3)C2)c1. The molecule has 1 aromatic heterocycles. The van der Waals surface area contributed by atoms with Gasteiger partial charge in [0.15, 0.2) is 0 Å². The number of hydrogen-bond donors (Lipinski definition) is 0. The summed E-state index contributed by atoms with van der Waals surface area (Å²) in [5, 5.41) is 1.08. The van der Waals surface area contributed by atoms with Crippen molar-refractivity contribution >= 4 is 22.8 Å². The second-order valence-electron chi connectivity index (χ2n) is 8.46. The summed E-state index contributed by atoms with van der Waals surface area (Å²) >= 11 is 0. The Balaban J connectivity index is 1.49. The van der Waals surface area contributed by atoms with E-state index in [1.54, 1.807) is 7.11 Å². The fourth-order valence-electron chi connectivity index (χ4n) is 4.32. The van der Waals surface area contributed by atoms with Crippen LogP contribution in [-0.4, -0.2) is 48.0 Å². The lowest BCUT2D eigenvalue weighted by Gasteiger charge is -2.34. The maximum atomic E-state index is 13.2. The van der Waals surface area contributed by atoms with Crippen molar-refractivity contribution < 1.29 is 9.53 Å². The molecule has 0 bridgehead atoms. The minimum absolute atomic E-state index is 0.0542. The third-order valence-corrected chi connectivity index (χ3v) is 6.01. The number of ether oxygens (including phenoxy) is 1. The van der Waals surface area contributed by atoms with E-state index in [0.717, 1.165) is 53.2 Å². The Hall–Kier alpha value is -3.15. The first-order valence-corrected chi connectivity index (χ1v) is 10.8. The van der Waals surface area contributed by atoms with Crippen molar-refractivity contribution in [2.75, 3.05) is 32.1 Å². The Morgan fingerprint density at radius 1 is 1.19 bits per heavy atom. The molecule has 0 aliphatic carbocycles. The number of anilines is 1. The van der Waals surface area contributed by atoms with E-state index in [2.05, 4.69) is 30.0 Å². The molecule has 2 heterocycles. The summed E-state index contributed by atoms with van der Waals surface area (Å²) in [6.07, 6.45) is 1.85. The van der Waals surface area contributed by atoms with Crippen LogP contribution in [0.15, 0.2) is 42.5 Å². The Labute approximate surface area is 183 Å². The smallest absolute Gasteiger partial charge is 0.227 e. The van der Waals surface area contributed by atoms with Crippen molar-refractivity contribution in [1.29, 1.82) is 0 Å². The molecule has 0 spiro atoms. The first-order chi connectivity index (χ1) is 14.9. The Bertz CT molecular complexity index is 1100. The summed E-state index contributed by atoms with van der Waals surface area (Å²) in [7, 11) is 3.53. The third-order valence-electron chi connectivity index (χ3n) is 6.01. The van der Waals surface area contributed by atoms with Gasteiger partial charge in [0.2, 0.25) is 11.9 Å². The van der Waals surface area contributed by atoms with E-state index < -0.39 is 0 Å². The number of nitrogens with zero attached hydrogens (tertiary/aromatic N) is 4. The average molecular weight is 419 g/mol. The first-order valence-electron chi connectivity index (χ1n) is 10.8. The number of aryl methyl sites for hydroxylation is 2. The highest BCUT2D eigenvalue weighted by Crippen LogP contribution is 2.26. The molecule has 1 atom stereocenters. The van der Waals surface area contributed by atoms with Gasteiger partial charge in [0.05, 0.1) is 24.2 Å². The van der Waals surface area contributed by atoms with E-state index in [1.165, 1.54) is 5.56 Å². The molecule has 0 radical (unpaired) electrons. The Morgan fingerprint density at radius 2 is 2.03 bits per heavy atom. The van der Waals surface area contributed by atoms with Crippen molar-refractivity contribution in [3.63, 3.8) is 0 Å². The van der Waals surface area contributed by atoms with E-state index in [1.807, 2.05) is 43.1 Å². The quantitative estimate of drug-likeness (QED) is 0.624. The zero-order valence-corrected chi connectivity index (χ0v) is 18.8. The van der Waals surface area contributed by atoms with Crippen LogP contribution in [0.3, 0.4) is 0 Å². The maximum Gasteiger partial charge on any atom is 0.227 e. The monoisotopic (exact) mass is 418 g/mol. The molecular weight excluding hydrogens is 388 g/mol. The van der Waals surface area contributed by atoms with Gasteiger partial charge in [-0.2, -0.15) is 0 Å². The molecule has 1 aliphatic heterocycles. The third kappa shape index (κ3) is 4.63. The van der Waals surface area contributed by atoms with E-state index in [9.17, 15) is 4.79 Å². The van der Waals surface area contributed by atoms with Gasteiger partial charge in [-0.3, -0.25) is 4.79 Å². The normalized spacial score (nSPS) is 16.4. The van der Waals surface area contributed by atoms with Crippen molar-refractivity contribution in [2.45, 2.75) is 33.2 Å². The summed E-state index contributed by atoms with van der Waals surface area (Å²) in [6, 6.07) is 14.1. The predicted octanol–water partition coefficient (Wildman–Crippen LogP) is 4.13. The lowest BCUT2D eigenvalue weighted by Crippen LogP contribution is -2.44. The van der Waals surface area contributed by atoms with Crippen LogP contribution in [0.4, 0.5) is 5.95 Å². The highest BCUT2D eigenvalue weighted by Gasteiger charge is 2.29. The van der Waals surface area contributed by atoms with E-state index >= 15 is 0 Å². The second-order valence-corrected chi connectivity index (χ2v) is 8.46. The molecule has 6 heteroatoms. The average Bonchev–Trinajstić information content (AvgIpc) is 2.78.